The number of H-pyrrole nitrogens is 1. The molecule has 0 amide bonds. The maximum atomic E-state index is 3.61. The van der Waals surface area contributed by atoms with E-state index in [4.69, 9.17) is 0 Å². The minimum absolute atomic E-state index is 0.00533. The average molecular weight is 359 g/mol. The van der Waals surface area contributed by atoms with Crippen LogP contribution in [-0.2, 0) is 5.41 Å². The molecule has 6 rings (SSSR count). The molecule has 1 heterocycles. The van der Waals surface area contributed by atoms with Crippen molar-refractivity contribution in [1.29, 1.82) is 0 Å². The van der Waals surface area contributed by atoms with Crippen molar-refractivity contribution in [3.63, 3.8) is 0 Å². The van der Waals surface area contributed by atoms with Crippen molar-refractivity contribution >= 4 is 21.8 Å². The van der Waals surface area contributed by atoms with Gasteiger partial charge < -0.3 is 4.98 Å². The molecular weight excluding hydrogens is 338 g/mol. The van der Waals surface area contributed by atoms with Gasteiger partial charge in [-0.15, -0.1) is 0 Å². The van der Waals surface area contributed by atoms with E-state index in [0.717, 1.165) is 0 Å². The average Bonchev–Trinajstić information content (AvgIpc) is 3.20. The van der Waals surface area contributed by atoms with E-state index in [2.05, 4.69) is 104 Å². The summed E-state index contributed by atoms with van der Waals surface area (Å²) in [7, 11) is 0. The molecule has 0 saturated carbocycles. The minimum atomic E-state index is 0.00533. The van der Waals surface area contributed by atoms with E-state index in [1.165, 1.54) is 55.2 Å². The van der Waals surface area contributed by atoms with Gasteiger partial charge in [0.05, 0.1) is 0 Å². The number of para-hydroxylation sites is 1. The van der Waals surface area contributed by atoms with Crippen LogP contribution in [0.2, 0.25) is 0 Å². The normalized spacial score (nSPS) is 14.4. The molecule has 0 radical (unpaired) electrons. The first-order valence-corrected chi connectivity index (χ1v) is 9.88. The van der Waals surface area contributed by atoms with Crippen molar-refractivity contribution in [2.45, 2.75) is 19.3 Å². The fourth-order valence-corrected chi connectivity index (χ4v) is 4.91. The molecule has 0 spiro atoms. The second-order valence-corrected chi connectivity index (χ2v) is 8.37. The van der Waals surface area contributed by atoms with Crippen LogP contribution in [0, 0.1) is 0 Å². The fraction of sp³-hybridized carbons (Fsp3) is 0.111. The maximum absolute atomic E-state index is 3.61. The monoisotopic (exact) mass is 359 g/mol. The predicted molar refractivity (Wildman–Crippen MR) is 119 cm³/mol. The first kappa shape index (κ1) is 15.7. The summed E-state index contributed by atoms with van der Waals surface area (Å²) in [6, 6.07) is 31.0. The van der Waals surface area contributed by atoms with Crippen molar-refractivity contribution in [2.24, 2.45) is 0 Å². The standard InChI is InChI=1S/C27H21N/c1-27(2)23-13-12-18(17-8-4-3-5-9-17)14-20(23)21-15-22-19-10-6-7-11-25(19)28-26(22)16-24(21)27/h3-16,28H,1-2H3. The van der Waals surface area contributed by atoms with Gasteiger partial charge in [-0.3, -0.25) is 0 Å². The molecule has 1 aromatic heterocycles. The number of hydrogen-bond acceptors (Lipinski definition) is 0. The molecule has 0 saturated heterocycles. The minimum Gasteiger partial charge on any atom is -0.355 e. The summed E-state index contributed by atoms with van der Waals surface area (Å²) in [4.78, 5) is 3.61. The Bertz CT molecular complexity index is 1370. The van der Waals surface area contributed by atoms with E-state index in [9.17, 15) is 0 Å². The maximum Gasteiger partial charge on any atom is 0.0468 e. The number of aromatic nitrogens is 1. The molecule has 5 aromatic rings. The molecule has 1 aliphatic carbocycles. The predicted octanol–water partition coefficient (Wildman–Crippen LogP) is 7.29. The van der Waals surface area contributed by atoms with Crippen molar-refractivity contribution < 1.29 is 0 Å². The summed E-state index contributed by atoms with van der Waals surface area (Å²) in [6.07, 6.45) is 0. The first-order valence-electron chi connectivity index (χ1n) is 9.88. The Hall–Kier alpha value is -3.32. The van der Waals surface area contributed by atoms with Crippen LogP contribution in [0.5, 0.6) is 0 Å². The zero-order valence-electron chi connectivity index (χ0n) is 16.1. The van der Waals surface area contributed by atoms with Gasteiger partial charge in [0.25, 0.3) is 0 Å². The lowest BCUT2D eigenvalue weighted by Crippen LogP contribution is -2.14. The summed E-state index contributed by atoms with van der Waals surface area (Å²) < 4.78 is 0. The van der Waals surface area contributed by atoms with Crippen LogP contribution in [0.25, 0.3) is 44.1 Å². The van der Waals surface area contributed by atoms with Crippen LogP contribution in [0.3, 0.4) is 0 Å². The molecule has 0 bridgehead atoms. The van der Waals surface area contributed by atoms with Crippen molar-refractivity contribution in [3.8, 4) is 22.3 Å². The van der Waals surface area contributed by atoms with Crippen LogP contribution in [0.15, 0.2) is 84.9 Å². The molecule has 4 aromatic carbocycles. The molecule has 0 fully saturated rings. The number of rotatable bonds is 1. The third-order valence-corrected chi connectivity index (χ3v) is 6.41. The highest BCUT2D eigenvalue weighted by Gasteiger charge is 2.36. The summed E-state index contributed by atoms with van der Waals surface area (Å²) in [5.41, 5.74) is 10.5. The topological polar surface area (TPSA) is 15.8 Å². The van der Waals surface area contributed by atoms with Crippen LogP contribution >= 0.6 is 0 Å². The lowest BCUT2D eigenvalue weighted by atomic mass is 9.82. The Morgan fingerprint density at radius 3 is 2.18 bits per heavy atom. The van der Waals surface area contributed by atoms with Crippen LogP contribution in [0.1, 0.15) is 25.0 Å². The molecule has 0 aliphatic heterocycles. The summed E-state index contributed by atoms with van der Waals surface area (Å²) >= 11 is 0. The van der Waals surface area contributed by atoms with Gasteiger partial charge in [0, 0.05) is 27.2 Å². The molecule has 0 unspecified atom stereocenters. The van der Waals surface area contributed by atoms with Crippen molar-refractivity contribution in [1.82, 2.24) is 4.98 Å². The van der Waals surface area contributed by atoms with Gasteiger partial charge in [0.2, 0.25) is 0 Å². The number of aromatic amines is 1. The van der Waals surface area contributed by atoms with Crippen LogP contribution in [0.4, 0.5) is 0 Å². The van der Waals surface area contributed by atoms with Gasteiger partial charge in [0.15, 0.2) is 0 Å². The number of nitrogens with one attached hydrogen (secondary N) is 1. The molecular formula is C27H21N. The quantitative estimate of drug-likeness (QED) is 0.323. The fourth-order valence-electron chi connectivity index (χ4n) is 4.91. The molecule has 1 aliphatic rings. The molecule has 1 heteroatoms. The van der Waals surface area contributed by atoms with Gasteiger partial charge in [-0.05, 0) is 57.6 Å². The van der Waals surface area contributed by atoms with E-state index in [1.54, 1.807) is 0 Å². The van der Waals surface area contributed by atoms with Crippen molar-refractivity contribution in [2.75, 3.05) is 0 Å². The second-order valence-electron chi connectivity index (χ2n) is 8.37. The SMILES string of the molecule is CC1(C)c2ccc(-c3ccccc3)cc2-c2cc3c(cc21)[nH]c1ccccc13. The highest BCUT2D eigenvalue weighted by atomic mass is 14.7. The Kier molecular flexibility index (Phi) is 3.01. The van der Waals surface area contributed by atoms with Gasteiger partial charge in [-0.1, -0.05) is 74.5 Å². The van der Waals surface area contributed by atoms with Crippen LogP contribution < -0.4 is 0 Å². The lowest BCUT2D eigenvalue weighted by molar-refractivity contribution is 0.661. The Labute approximate surface area is 164 Å². The van der Waals surface area contributed by atoms with E-state index >= 15 is 0 Å². The van der Waals surface area contributed by atoms with Gasteiger partial charge in [-0.25, -0.2) is 0 Å². The van der Waals surface area contributed by atoms with Gasteiger partial charge in [-0.2, -0.15) is 0 Å². The van der Waals surface area contributed by atoms with Gasteiger partial charge in [0.1, 0.15) is 0 Å². The highest BCUT2D eigenvalue weighted by molar-refractivity contribution is 6.09. The molecule has 1 N–H and O–H groups in total. The van der Waals surface area contributed by atoms with E-state index in [0.29, 0.717) is 0 Å². The second kappa shape index (κ2) is 5.36. The van der Waals surface area contributed by atoms with E-state index in [-0.39, 0.29) is 5.41 Å². The van der Waals surface area contributed by atoms with E-state index < -0.39 is 0 Å². The third-order valence-electron chi connectivity index (χ3n) is 6.41. The Morgan fingerprint density at radius 1 is 0.571 bits per heavy atom. The molecule has 134 valence electrons. The third kappa shape index (κ3) is 2.02. The highest BCUT2D eigenvalue weighted by Crippen LogP contribution is 2.51. The number of hydrogen-bond donors (Lipinski definition) is 1. The van der Waals surface area contributed by atoms with Crippen LogP contribution in [-0.4, -0.2) is 4.98 Å². The first-order chi connectivity index (χ1) is 13.6. The summed E-state index contributed by atoms with van der Waals surface area (Å²) in [6.45, 7) is 4.68. The van der Waals surface area contributed by atoms with Crippen molar-refractivity contribution in [3.05, 3.63) is 96.1 Å². The Balaban J connectivity index is 1.66. The van der Waals surface area contributed by atoms with E-state index in [1.807, 2.05) is 0 Å². The molecule has 0 atom stereocenters. The largest absolute Gasteiger partial charge is 0.355 e. The molecule has 28 heavy (non-hydrogen) atoms. The number of fused-ring (bicyclic) bond motifs is 6. The Morgan fingerprint density at radius 2 is 1.32 bits per heavy atom. The van der Waals surface area contributed by atoms with Gasteiger partial charge >= 0.3 is 0 Å². The summed E-state index contributed by atoms with van der Waals surface area (Å²) in [5.74, 6) is 0. The zero-order valence-corrected chi connectivity index (χ0v) is 16.1. The zero-order chi connectivity index (χ0) is 18.9. The molecule has 1 nitrogen and oxygen atoms in total. The lowest BCUT2D eigenvalue weighted by Gasteiger charge is -2.21. The number of benzene rings is 4. The summed E-state index contributed by atoms with van der Waals surface area (Å²) in [5, 5.41) is 2.61. The smallest absolute Gasteiger partial charge is 0.0468 e.